The molecule has 1 saturated heterocycles. The maximum atomic E-state index is 3.35. The summed E-state index contributed by atoms with van der Waals surface area (Å²) in [6.45, 7) is 4.94. The SMILES string of the molecule is CNC1CCN(CCN(C)C)CC1.Cl.Cl.Cl. The average Bonchev–Trinajstić information content (AvgIpc) is 2.15. The van der Waals surface area contributed by atoms with Gasteiger partial charge in [0.2, 0.25) is 0 Å². The number of piperidine rings is 1. The number of halogens is 3. The Hall–Kier alpha value is 0.750. The molecule has 102 valence electrons. The fourth-order valence-corrected chi connectivity index (χ4v) is 1.79. The molecule has 1 aliphatic heterocycles. The molecule has 1 rings (SSSR count). The number of nitrogens with one attached hydrogen (secondary N) is 1. The quantitative estimate of drug-likeness (QED) is 0.848. The van der Waals surface area contributed by atoms with Crippen molar-refractivity contribution in [3.05, 3.63) is 0 Å². The molecule has 6 heteroatoms. The van der Waals surface area contributed by atoms with Gasteiger partial charge in [-0.25, -0.2) is 0 Å². The van der Waals surface area contributed by atoms with Gasteiger partial charge in [0.25, 0.3) is 0 Å². The van der Waals surface area contributed by atoms with Gasteiger partial charge in [-0.1, -0.05) is 0 Å². The summed E-state index contributed by atoms with van der Waals surface area (Å²) in [6, 6.07) is 0.760. The van der Waals surface area contributed by atoms with Crippen LogP contribution >= 0.6 is 37.2 Å². The number of likely N-dealkylation sites (tertiary alicyclic amines) is 1. The van der Waals surface area contributed by atoms with E-state index in [0.29, 0.717) is 0 Å². The van der Waals surface area contributed by atoms with Crippen molar-refractivity contribution < 1.29 is 0 Å². The summed E-state index contributed by atoms with van der Waals surface area (Å²) in [5.74, 6) is 0. The van der Waals surface area contributed by atoms with E-state index in [-0.39, 0.29) is 37.2 Å². The van der Waals surface area contributed by atoms with E-state index in [0.717, 1.165) is 6.04 Å². The molecule has 3 nitrogen and oxygen atoms in total. The van der Waals surface area contributed by atoms with Gasteiger partial charge in [-0.2, -0.15) is 0 Å². The van der Waals surface area contributed by atoms with Crippen LogP contribution in [0.4, 0.5) is 0 Å². The van der Waals surface area contributed by atoms with Gasteiger partial charge in [-0.3, -0.25) is 0 Å². The van der Waals surface area contributed by atoms with Crippen molar-refractivity contribution in [2.24, 2.45) is 0 Å². The second kappa shape index (κ2) is 12.2. The molecule has 0 unspecified atom stereocenters. The summed E-state index contributed by atoms with van der Waals surface area (Å²) in [5, 5.41) is 3.35. The Morgan fingerprint density at radius 3 is 2.00 bits per heavy atom. The number of nitrogens with zero attached hydrogens (tertiary/aromatic N) is 2. The Bertz CT molecular complexity index is 139. The standard InChI is InChI=1S/C10H23N3.3ClH/c1-11-10-4-6-13(7-5-10)9-8-12(2)3;;;/h10-11H,4-9H2,1-3H3;3*1H. The number of rotatable bonds is 4. The molecule has 1 fully saturated rings. The lowest BCUT2D eigenvalue weighted by molar-refractivity contribution is 0.185. The summed E-state index contributed by atoms with van der Waals surface area (Å²) in [5.41, 5.74) is 0. The van der Waals surface area contributed by atoms with Crippen LogP contribution in [-0.2, 0) is 0 Å². The molecule has 0 aromatic heterocycles. The van der Waals surface area contributed by atoms with Gasteiger partial charge >= 0.3 is 0 Å². The van der Waals surface area contributed by atoms with Gasteiger partial charge in [-0.05, 0) is 47.1 Å². The minimum Gasteiger partial charge on any atom is -0.317 e. The predicted octanol–water partition coefficient (Wildman–Crippen LogP) is 1.50. The minimum absolute atomic E-state index is 0. The smallest absolute Gasteiger partial charge is 0.0109 e. The molecule has 0 aromatic rings. The Kier molecular flexibility index (Phi) is 16.8. The van der Waals surface area contributed by atoms with Gasteiger partial charge in [-0.15, -0.1) is 37.2 Å². The molecule has 16 heavy (non-hydrogen) atoms. The van der Waals surface area contributed by atoms with Crippen molar-refractivity contribution in [3.8, 4) is 0 Å². The molecule has 0 amide bonds. The van der Waals surface area contributed by atoms with E-state index in [9.17, 15) is 0 Å². The number of hydrogen-bond donors (Lipinski definition) is 1. The van der Waals surface area contributed by atoms with Crippen LogP contribution in [0.5, 0.6) is 0 Å². The third-order valence-corrected chi connectivity index (χ3v) is 2.86. The van der Waals surface area contributed by atoms with Crippen LogP contribution in [0.25, 0.3) is 0 Å². The van der Waals surface area contributed by atoms with E-state index < -0.39 is 0 Å². The van der Waals surface area contributed by atoms with E-state index in [2.05, 4.69) is 36.3 Å². The molecule has 0 aromatic carbocycles. The topological polar surface area (TPSA) is 18.5 Å². The van der Waals surface area contributed by atoms with E-state index in [1.807, 2.05) is 0 Å². The highest BCUT2D eigenvalue weighted by atomic mass is 35.5. The van der Waals surface area contributed by atoms with Crippen molar-refractivity contribution in [1.29, 1.82) is 0 Å². The molecular formula is C10H26Cl3N3. The normalized spacial score (nSPS) is 17.2. The molecule has 1 N–H and O–H groups in total. The summed E-state index contributed by atoms with van der Waals surface area (Å²) in [7, 11) is 6.35. The van der Waals surface area contributed by atoms with Crippen LogP contribution in [0.3, 0.4) is 0 Å². The first-order valence-corrected chi connectivity index (χ1v) is 5.26. The molecule has 0 atom stereocenters. The highest BCUT2D eigenvalue weighted by Gasteiger charge is 2.16. The fraction of sp³-hybridized carbons (Fsp3) is 1.00. The third kappa shape index (κ3) is 8.85. The van der Waals surface area contributed by atoms with Crippen LogP contribution in [0.2, 0.25) is 0 Å². The highest BCUT2D eigenvalue weighted by molar-refractivity contribution is 5.86. The third-order valence-electron chi connectivity index (χ3n) is 2.86. The van der Waals surface area contributed by atoms with Crippen molar-refractivity contribution in [2.45, 2.75) is 18.9 Å². The van der Waals surface area contributed by atoms with Crippen LogP contribution in [0, 0.1) is 0 Å². The fourth-order valence-electron chi connectivity index (χ4n) is 1.79. The molecule has 0 saturated carbocycles. The predicted molar refractivity (Wildman–Crippen MR) is 78.8 cm³/mol. The van der Waals surface area contributed by atoms with E-state index in [1.54, 1.807) is 0 Å². The van der Waals surface area contributed by atoms with Crippen molar-refractivity contribution >= 4 is 37.2 Å². The van der Waals surface area contributed by atoms with E-state index in [1.165, 1.54) is 39.0 Å². The van der Waals surface area contributed by atoms with Crippen LogP contribution in [-0.4, -0.2) is 63.2 Å². The van der Waals surface area contributed by atoms with Gasteiger partial charge < -0.3 is 15.1 Å². The van der Waals surface area contributed by atoms with Gasteiger partial charge in [0.05, 0.1) is 0 Å². The molecule has 1 aliphatic rings. The maximum absolute atomic E-state index is 3.35. The second-order valence-electron chi connectivity index (χ2n) is 4.21. The van der Waals surface area contributed by atoms with Crippen LogP contribution < -0.4 is 5.32 Å². The largest absolute Gasteiger partial charge is 0.317 e. The lowest BCUT2D eigenvalue weighted by Crippen LogP contribution is -2.43. The van der Waals surface area contributed by atoms with Gasteiger partial charge in [0.15, 0.2) is 0 Å². The molecule has 0 bridgehead atoms. The molecule has 1 heterocycles. The zero-order valence-electron chi connectivity index (χ0n) is 10.4. The Labute approximate surface area is 119 Å². The van der Waals surface area contributed by atoms with Crippen molar-refractivity contribution in [2.75, 3.05) is 47.3 Å². The van der Waals surface area contributed by atoms with Crippen molar-refractivity contribution in [1.82, 2.24) is 15.1 Å². The monoisotopic (exact) mass is 293 g/mol. The second-order valence-corrected chi connectivity index (χ2v) is 4.21. The summed E-state index contributed by atoms with van der Waals surface area (Å²) < 4.78 is 0. The first-order chi connectivity index (χ1) is 6.22. The number of likely N-dealkylation sites (N-methyl/N-ethyl adjacent to an activating group) is 1. The lowest BCUT2D eigenvalue weighted by atomic mass is 10.1. The Balaban J connectivity index is -0.000000563. The van der Waals surface area contributed by atoms with Gasteiger partial charge in [0, 0.05) is 19.1 Å². The van der Waals surface area contributed by atoms with Gasteiger partial charge in [0.1, 0.15) is 0 Å². The maximum Gasteiger partial charge on any atom is 0.0109 e. The first-order valence-electron chi connectivity index (χ1n) is 5.26. The van der Waals surface area contributed by atoms with Crippen LogP contribution in [0.1, 0.15) is 12.8 Å². The van der Waals surface area contributed by atoms with Crippen molar-refractivity contribution in [3.63, 3.8) is 0 Å². The zero-order valence-corrected chi connectivity index (χ0v) is 12.9. The summed E-state index contributed by atoms with van der Waals surface area (Å²) in [6.07, 6.45) is 2.62. The zero-order chi connectivity index (χ0) is 9.68. The summed E-state index contributed by atoms with van der Waals surface area (Å²) in [4.78, 5) is 4.82. The van der Waals surface area contributed by atoms with E-state index >= 15 is 0 Å². The molecular weight excluding hydrogens is 268 g/mol. The number of hydrogen-bond acceptors (Lipinski definition) is 3. The summed E-state index contributed by atoms with van der Waals surface area (Å²) >= 11 is 0. The highest BCUT2D eigenvalue weighted by Crippen LogP contribution is 2.08. The average molecular weight is 295 g/mol. The van der Waals surface area contributed by atoms with Crippen LogP contribution in [0.15, 0.2) is 0 Å². The van der Waals surface area contributed by atoms with E-state index in [4.69, 9.17) is 0 Å². The minimum atomic E-state index is 0. The Morgan fingerprint density at radius 2 is 1.62 bits per heavy atom. The first kappa shape index (κ1) is 22.0. The molecule has 0 spiro atoms. The molecule has 0 radical (unpaired) electrons. The lowest BCUT2D eigenvalue weighted by Gasteiger charge is -2.32. The molecule has 0 aliphatic carbocycles. The Morgan fingerprint density at radius 1 is 1.12 bits per heavy atom.